The molecule has 1 saturated carbocycles. The fourth-order valence-electron chi connectivity index (χ4n) is 2.80. The predicted octanol–water partition coefficient (Wildman–Crippen LogP) is 2.32. The van der Waals surface area contributed by atoms with Crippen LogP contribution in [0.2, 0.25) is 0 Å². The Balaban J connectivity index is 2.21. The predicted molar refractivity (Wildman–Crippen MR) is 75.8 cm³/mol. The second kappa shape index (κ2) is 5.74. The Bertz CT molecular complexity index is 437. The normalized spacial score (nSPS) is 17.8. The van der Waals surface area contributed by atoms with E-state index in [1.165, 1.54) is 18.2 Å². The van der Waals surface area contributed by atoms with Crippen LogP contribution in [0.5, 0.6) is 0 Å². The number of hydrogen-bond donors (Lipinski definition) is 1. The molecule has 19 heavy (non-hydrogen) atoms. The summed E-state index contributed by atoms with van der Waals surface area (Å²) in [5.74, 6) is 0.230. The zero-order valence-electron chi connectivity index (χ0n) is 11.8. The van der Waals surface area contributed by atoms with Crippen LogP contribution < -0.4 is 5.73 Å². The van der Waals surface area contributed by atoms with Crippen LogP contribution in [0.15, 0.2) is 24.3 Å². The Labute approximate surface area is 115 Å². The Morgan fingerprint density at radius 3 is 2.32 bits per heavy atom. The first-order valence-corrected chi connectivity index (χ1v) is 7.02. The molecule has 1 aromatic carbocycles. The van der Waals surface area contributed by atoms with E-state index in [4.69, 9.17) is 10.5 Å². The highest BCUT2D eigenvalue weighted by molar-refractivity contribution is 5.78. The molecule has 0 bridgehead atoms. The third kappa shape index (κ3) is 2.81. The number of benzene rings is 1. The minimum Gasteiger partial charge on any atom is -0.469 e. The lowest BCUT2D eigenvalue weighted by Gasteiger charge is -2.29. The van der Waals surface area contributed by atoms with E-state index in [0.717, 1.165) is 19.3 Å². The van der Waals surface area contributed by atoms with Crippen LogP contribution in [0.4, 0.5) is 0 Å². The van der Waals surface area contributed by atoms with Crippen molar-refractivity contribution in [3.05, 3.63) is 35.4 Å². The van der Waals surface area contributed by atoms with Gasteiger partial charge in [0.2, 0.25) is 0 Å². The van der Waals surface area contributed by atoms with E-state index in [0.29, 0.717) is 18.9 Å². The molecule has 0 aromatic heterocycles. The number of esters is 1. The molecule has 104 valence electrons. The second-order valence-electron chi connectivity index (χ2n) is 5.47. The third-order valence-electron chi connectivity index (χ3n) is 4.27. The molecule has 1 aliphatic rings. The minimum absolute atomic E-state index is 0.155. The van der Waals surface area contributed by atoms with Gasteiger partial charge in [0.05, 0.1) is 12.5 Å². The monoisotopic (exact) mass is 261 g/mol. The maximum Gasteiger partial charge on any atom is 0.313 e. The van der Waals surface area contributed by atoms with Crippen LogP contribution in [0.1, 0.15) is 30.9 Å². The van der Waals surface area contributed by atoms with E-state index < -0.39 is 5.41 Å². The van der Waals surface area contributed by atoms with Crippen molar-refractivity contribution in [2.45, 2.75) is 32.6 Å². The van der Waals surface area contributed by atoms with E-state index >= 15 is 0 Å². The standard InChI is InChI=1S/C16H23NO2/c1-3-12-4-6-13(7-5-12)10-16(11-17,14-8-9-14)15(18)19-2/h4-7,14H,3,8-11,17H2,1-2H3. The van der Waals surface area contributed by atoms with Crippen molar-refractivity contribution in [3.8, 4) is 0 Å². The highest BCUT2D eigenvalue weighted by Crippen LogP contribution is 2.47. The van der Waals surface area contributed by atoms with Crippen LogP contribution in [0, 0.1) is 11.3 Å². The molecule has 1 unspecified atom stereocenters. The quantitative estimate of drug-likeness (QED) is 0.800. The lowest BCUT2D eigenvalue weighted by atomic mass is 9.77. The highest BCUT2D eigenvalue weighted by Gasteiger charge is 2.50. The molecule has 0 amide bonds. The van der Waals surface area contributed by atoms with Crippen molar-refractivity contribution >= 4 is 5.97 Å². The summed E-state index contributed by atoms with van der Waals surface area (Å²) in [6.45, 7) is 2.50. The first kappa shape index (κ1) is 14.1. The molecule has 1 aliphatic carbocycles. The fourth-order valence-corrected chi connectivity index (χ4v) is 2.80. The Kier molecular flexibility index (Phi) is 4.25. The lowest BCUT2D eigenvalue weighted by molar-refractivity contribution is -0.153. The number of aryl methyl sites for hydroxylation is 1. The SMILES string of the molecule is CCc1ccc(CC(CN)(C(=O)OC)C2CC2)cc1. The first-order valence-electron chi connectivity index (χ1n) is 7.02. The van der Waals surface area contributed by atoms with Gasteiger partial charge in [-0.2, -0.15) is 0 Å². The molecular formula is C16H23NO2. The van der Waals surface area contributed by atoms with Gasteiger partial charge in [-0.3, -0.25) is 4.79 Å². The Hall–Kier alpha value is -1.35. The van der Waals surface area contributed by atoms with Gasteiger partial charge in [0, 0.05) is 6.54 Å². The van der Waals surface area contributed by atoms with Crippen molar-refractivity contribution in [3.63, 3.8) is 0 Å². The molecule has 0 heterocycles. The Morgan fingerprint density at radius 1 is 1.32 bits per heavy atom. The van der Waals surface area contributed by atoms with Crippen LogP contribution in [-0.2, 0) is 22.4 Å². The minimum atomic E-state index is -0.525. The number of nitrogens with two attached hydrogens (primary N) is 1. The smallest absolute Gasteiger partial charge is 0.313 e. The van der Waals surface area contributed by atoms with E-state index in [-0.39, 0.29) is 5.97 Å². The van der Waals surface area contributed by atoms with Crippen molar-refractivity contribution in [2.24, 2.45) is 17.1 Å². The van der Waals surface area contributed by atoms with Crippen LogP contribution in [0.3, 0.4) is 0 Å². The van der Waals surface area contributed by atoms with Gasteiger partial charge in [-0.15, -0.1) is 0 Å². The van der Waals surface area contributed by atoms with Crippen molar-refractivity contribution in [2.75, 3.05) is 13.7 Å². The molecule has 0 saturated heterocycles. The van der Waals surface area contributed by atoms with Crippen LogP contribution in [-0.4, -0.2) is 19.6 Å². The van der Waals surface area contributed by atoms with Crippen LogP contribution in [0.25, 0.3) is 0 Å². The van der Waals surface area contributed by atoms with Gasteiger partial charge in [0.25, 0.3) is 0 Å². The number of ether oxygens (including phenoxy) is 1. The van der Waals surface area contributed by atoms with Gasteiger partial charge in [0.1, 0.15) is 0 Å². The summed E-state index contributed by atoms with van der Waals surface area (Å²) in [7, 11) is 1.45. The number of hydrogen-bond acceptors (Lipinski definition) is 3. The van der Waals surface area contributed by atoms with E-state index in [1.54, 1.807) is 0 Å². The summed E-state index contributed by atoms with van der Waals surface area (Å²) < 4.78 is 5.01. The molecule has 2 N–H and O–H groups in total. The Morgan fingerprint density at radius 2 is 1.89 bits per heavy atom. The average Bonchev–Trinajstić information content (AvgIpc) is 3.29. The maximum absolute atomic E-state index is 12.2. The molecule has 3 heteroatoms. The molecule has 1 atom stereocenters. The molecule has 1 fully saturated rings. The molecule has 0 radical (unpaired) electrons. The maximum atomic E-state index is 12.2. The first-order chi connectivity index (χ1) is 9.16. The van der Waals surface area contributed by atoms with Gasteiger partial charge < -0.3 is 10.5 Å². The molecule has 3 nitrogen and oxygen atoms in total. The summed E-state index contributed by atoms with van der Waals surface area (Å²) >= 11 is 0. The zero-order chi connectivity index (χ0) is 13.9. The summed E-state index contributed by atoms with van der Waals surface area (Å²) in [6, 6.07) is 8.46. The molecule has 0 aliphatic heterocycles. The topological polar surface area (TPSA) is 52.3 Å². The number of carbonyl (C=O) groups is 1. The molecule has 1 aromatic rings. The largest absolute Gasteiger partial charge is 0.469 e. The van der Waals surface area contributed by atoms with E-state index in [9.17, 15) is 4.79 Å². The second-order valence-corrected chi connectivity index (χ2v) is 5.47. The number of carbonyl (C=O) groups excluding carboxylic acids is 1. The number of methoxy groups -OCH3 is 1. The van der Waals surface area contributed by atoms with Gasteiger partial charge >= 0.3 is 5.97 Å². The van der Waals surface area contributed by atoms with E-state index in [1.807, 2.05) is 0 Å². The summed E-state index contributed by atoms with van der Waals surface area (Å²) in [4.78, 5) is 12.2. The van der Waals surface area contributed by atoms with Gasteiger partial charge in [-0.05, 0) is 42.7 Å². The number of rotatable bonds is 6. The lowest BCUT2D eigenvalue weighted by Crippen LogP contribution is -2.43. The fraction of sp³-hybridized carbons (Fsp3) is 0.562. The highest BCUT2D eigenvalue weighted by atomic mass is 16.5. The summed E-state index contributed by atoms with van der Waals surface area (Å²) in [5.41, 5.74) is 7.88. The average molecular weight is 261 g/mol. The van der Waals surface area contributed by atoms with Crippen molar-refractivity contribution < 1.29 is 9.53 Å². The summed E-state index contributed by atoms with van der Waals surface area (Å²) in [5, 5.41) is 0. The van der Waals surface area contributed by atoms with E-state index in [2.05, 4.69) is 31.2 Å². The van der Waals surface area contributed by atoms with Crippen molar-refractivity contribution in [1.29, 1.82) is 0 Å². The third-order valence-corrected chi connectivity index (χ3v) is 4.27. The zero-order valence-corrected chi connectivity index (χ0v) is 11.8. The van der Waals surface area contributed by atoms with Crippen LogP contribution >= 0.6 is 0 Å². The van der Waals surface area contributed by atoms with Gasteiger partial charge in [0.15, 0.2) is 0 Å². The molecule has 2 rings (SSSR count). The molecule has 0 spiro atoms. The van der Waals surface area contributed by atoms with Gasteiger partial charge in [-0.1, -0.05) is 31.2 Å². The summed E-state index contributed by atoms with van der Waals surface area (Å²) in [6.07, 6.45) is 3.88. The van der Waals surface area contributed by atoms with Gasteiger partial charge in [-0.25, -0.2) is 0 Å². The van der Waals surface area contributed by atoms with Crippen molar-refractivity contribution in [1.82, 2.24) is 0 Å². The molecular weight excluding hydrogens is 238 g/mol.